The van der Waals surface area contributed by atoms with Crippen molar-refractivity contribution >= 4 is 15.7 Å². The fraction of sp³-hybridized carbons (Fsp3) is 0.600. The quantitative estimate of drug-likeness (QED) is 0.699. The van der Waals surface area contributed by atoms with Gasteiger partial charge in [0.25, 0.3) is 0 Å². The first-order chi connectivity index (χ1) is 9.55. The van der Waals surface area contributed by atoms with E-state index in [9.17, 15) is 13.5 Å². The zero-order chi connectivity index (χ0) is 16.3. The number of aryl methyl sites for hydroxylation is 1. The number of hydrogen-bond acceptors (Lipinski definition) is 4. The molecule has 1 rings (SSSR count). The fourth-order valence-corrected chi connectivity index (χ4v) is 3.59. The van der Waals surface area contributed by atoms with Crippen LogP contribution in [0.2, 0.25) is 0 Å². The zero-order valence-corrected chi connectivity index (χ0v) is 14.0. The summed E-state index contributed by atoms with van der Waals surface area (Å²) in [6, 6.07) is 4.86. The van der Waals surface area contributed by atoms with Crippen LogP contribution in [0.25, 0.3) is 0 Å². The summed E-state index contributed by atoms with van der Waals surface area (Å²) in [5.41, 5.74) is 6.73. The van der Waals surface area contributed by atoms with Crippen LogP contribution in [0.3, 0.4) is 0 Å². The molecule has 1 aromatic carbocycles. The van der Waals surface area contributed by atoms with E-state index in [-0.39, 0.29) is 16.9 Å². The summed E-state index contributed by atoms with van der Waals surface area (Å²) in [4.78, 5) is 0.188. The van der Waals surface area contributed by atoms with Gasteiger partial charge in [0, 0.05) is 12.2 Å². The number of nitrogens with one attached hydrogen (secondary N) is 1. The van der Waals surface area contributed by atoms with Crippen molar-refractivity contribution < 1.29 is 13.5 Å². The van der Waals surface area contributed by atoms with E-state index < -0.39 is 16.1 Å². The third kappa shape index (κ3) is 5.65. The van der Waals surface area contributed by atoms with Crippen LogP contribution in [-0.4, -0.2) is 26.2 Å². The van der Waals surface area contributed by atoms with Gasteiger partial charge in [0.2, 0.25) is 10.0 Å². The van der Waals surface area contributed by atoms with Gasteiger partial charge in [0.1, 0.15) is 0 Å². The van der Waals surface area contributed by atoms with Crippen molar-refractivity contribution in [1.82, 2.24) is 4.72 Å². The molecule has 1 aromatic rings. The van der Waals surface area contributed by atoms with Crippen LogP contribution in [0.4, 0.5) is 5.69 Å². The molecule has 0 saturated carbocycles. The lowest BCUT2D eigenvalue weighted by molar-refractivity contribution is 0.125. The summed E-state index contributed by atoms with van der Waals surface area (Å²) >= 11 is 0. The SMILES string of the molecule is CCc1ccc(N)cc1S(=O)(=O)NCC(O)CC(C)(C)C. The van der Waals surface area contributed by atoms with Gasteiger partial charge in [-0.15, -0.1) is 0 Å². The van der Waals surface area contributed by atoms with Crippen LogP contribution in [-0.2, 0) is 16.4 Å². The molecule has 0 bridgehead atoms. The van der Waals surface area contributed by atoms with E-state index in [0.29, 0.717) is 24.1 Å². The summed E-state index contributed by atoms with van der Waals surface area (Å²) in [7, 11) is -3.67. The lowest BCUT2D eigenvalue weighted by atomic mass is 9.89. The van der Waals surface area contributed by atoms with Gasteiger partial charge in [0.15, 0.2) is 0 Å². The number of nitrogens with two attached hydrogens (primary N) is 1. The Morgan fingerprint density at radius 2 is 1.95 bits per heavy atom. The normalized spacial score (nSPS) is 14.1. The maximum absolute atomic E-state index is 12.4. The van der Waals surface area contributed by atoms with Crippen molar-refractivity contribution in [2.45, 2.75) is 51.5 Å². The van der Waals surface area contributed by atoms with Gasteiger partial charge in [-0.05, 0) is 36.0 Å². The molecular weight excluding hydrogens is 288 g/mol. The first kappa shape index (κ1) is 17.9. The van der Waals surface area contributed by atoms with Gasteiger partial charge >= 0.3 is 0 Å². The van der Waals surface area contributed by atoms with Crippen molar-refractivity contribution in [2.75, 3.05) is 12.3 Å². The average Bonchev–Trinajstić information content (AvgIpc) is 2.34. The van der Waals surface area contributed by atoms with Crippen molar-refractivity contribution in [3.63, 3.8) is 0 Å². The van der Waals surface area contributed by atoms with Crippen LogP contribution in [0, 0.1) is 5.41 Å². The van der Waals surface area contributed by atoms with Crippen molar-refractivity contribution in [3.05, 3.63) is 23.8 Å². The molecule has 0 radical (unpaired) electrons. The van der Waals surface area contributed by atoms with Gasteiger partial charge in [0.05, 0.1) is 11.0 Å². The van der Waals surface area contributed by atoms with Crippen LogP contribution >= 0.6 is 0 Å². The van der Waals surface area contributed by atoms with E-state index >= 15 is 0 Å². The monoisotopic (exact) mass is 314 g/mol. The predicted molar refractivity (Wildman–Crippen MR) is 85.5 cm³/mol. The Hall–Kier alpha value is -1.11. The molecule has 0 spiro atoms. The summed E-state index contributed by atoms with van der Waals surface area (Å²) < 4.78 is 27.2. The van der Waals surface area contributed by atoms with Crippen LogP contribution in [0.5, 0.6) is 0 Å². The largest absolute Gasteiger partial charge is 0.399 e. The Kier molecular flexibility index (Phi) is 5.78. The second-order valence-electron chi connectivity index (χ2n) is 6.49. The molecule has 0 aliphatic carbocycles. The smallest absolute Gasteiger partial charge is 0.241 e. The number of hydrogen-bond donors (Lipinski definition) is 3. The Balaban J connectivity index is 2.85. The summed E-state index contributed by atoms with van der Waals surface area (Å²) in [5.74, 6) is 0. The van der Waals surface area contributed by atoms with Gasteiger partial charge in [-0.3, -0.25) is 0 Å². The molecule has 0 heterocycles. The van der Waals surface area contributed by atoms with Gasteiger partial charge < -0.3 is 10.8 Å². The molecular formula is C15H26N2O3S. The molecule has 0 fully saturated rings. The molecule has 0 aromatic heterocycles. The minimum Gasteiger partial charge on any atom is -0.399 e. The lowest BCUT2D eigenvalue weighted by Gasteiger charge is -2.22. The minimum atomic E-state index is -3.67. The Morgan fingerprint density at radius 3 is 2.48 bits per heavy atom. The molecule has 1 atom stereocenters. The standard InChI is InChI=1S/C15H26N2O3S/c1-5-11-6-7-12(16)8-14(11)21(19,20)17-10-13(18)9-15(2,3)4/h6-8,13,17-18H,5,9-10,16H2,1-4H3. The van der Waals surface area contributed by atoms with E-state index in [1.54, 1.807) is 12.1 Å². The van der Waals surface area contributed by atoms with Crippen molar-refractivity contribution in [2.24, 2.45) is 5.41 Å². The second-order valence-corrected chi connectivity index (χ2v) is 8.23. The summed E-state index contributed by atoms with van der Waals surface area (Å²) in [5, 5.41) is 9.92. The Labute approximate surface area is 127 Å². The summed E-state index contributed by atoms with van der Waals surface area (Å²) in [6.07, 6.45) is 0.402. The van der Waals surface area contributed by atoms with Crippen molar-refractivity contribution in [3.8, 4) is 0 Å². The first-order valence-corrected chi connectivity index (χ1v) is 8.59. The van der Waals surface area contributed by atoms with E-state index in [1.165, 1.54) is 6.07 Å². The molecule has 0 aliphatic heterocycles. The molecule has 120 valence electrons. The predicted octanol–water partition coefficient (Wildman–Crippen LogP) is 1.91. The van der Waals surface area contributed by atoms with Crippen molar-refractivity contribution in [1.29, 1.82) is 0 Å². The van der Waals surface area contributed by atoms with E-state index in [1.807, 2.05) is 27.7 Å². The lowest BCUT2D eigenvalue weighted by Crippen LogP contribution is -2.34. The third-order valence-electron chi connectivity index (χ3n) is 3.12. The number of nitrogen functional groups attached to an aromatic ring is 1. The number of rotatable bonds is 6. The number of anilines is 1. The molecule has 0 amide bonds. The average molecular weight is 314 g/mol. The van der Waals surface area contributed by atoms with Gasteiger partial charge in [-0.1, -0.05) is 33.8 Å². The van der Waals surface area contributed by atoms with Gasteiger partial charge in [-0.25, -0.2) is 13.1 Å². The highest BCUT2D eigenvalue weighted by molar-refractivity contribution is 7.89. The van der Waals surface area contributed by atoms with Crippen LogP contribution in [0.15, 0.2) is 23.1 Å². The van der Waals surface area contributed by atoms with E-state index in [2.05, 4.69) is 4.72 Å². The highest BCUT2D eigenvalue weighted by Gasteiger charge is 2.22. The maximum Gasteiger partial charge on any atom is 0.241 e. The molecule has 0 saturated heterocycles. The maximum atomic E-state index is 12.4. The number of benzene rings is 1. The molecule has 4 N–H and O–H groups in total. The van der Waals surface area contributed by atoms with Gasteiger partial charge in [-0.2, -0.15) is 0 Å². The minimum absolute atomic E-state index is 0.00242. The van der Waals surface area contributed by atoms with Crippen LogP contribution in [0.1, 0.15) is 39.7 Å². The Morgan fingerprint density at radius 1 is 1.33 bits per heavy atom. The molecule has 6 heteroatoms. The topological polar surface area (TPSA) is 92.4 Å². The summed E-state index contributed by atoms with van der Waals surface area (Å²) in [6.45, 7) is 7.88. The van der Waals surface area contributed by atoms with E-state index in [4.69, 9.17) is 5.73 Å². The Bertz CT molecular complexity index is 577. The number of aliphatic hydroxyl groups is 1. The third-order valence-corrected chi connectivity index (χ3v) is 4.62. The first-order valence-electron chi connectivity index (χ1n) is 7.11. The van der Waals surface area contributed by atoms with Crippen LogP contribution < -0.4 is 10.5 Å². The molecule has 0 aliphatic rings. The highest BCUT2D eigenvalue weighted by Crippen LogP contribution is 2.22. The molecule has 21 heavy (non-hydrogen) atoms. The van der Waals surface area contributed by atoms with E-state index in [0.717, 1.165) is 0 Å². The highest BCUT2D eigenvalue weighted by atomic mass is 32.2. The number of aliphatic hydroxyl groups excluding tert-OH is 1. The number of sulfonamides is 1. The zero-order valence-electron chi connectivity index (χ0n) is 13.2. The fourth-order valence-electron chi connectivity index (χ4n) is 2.18. The molecule has 1 unspecified atom stereocenters. The second kappa shape index (κ2) is 6.77. The molecule has 5 nitrogen and oxygen atoms in total.